The summed E-state index contributed by atoms with van der Waals surface area (Å²) in [6.07, 6.45) is 8.62. The first-order chi connectivity index (χ1) is 17.4. The lowest BCUT2D eigenvalue weighted by Crippen LogP contribution is -2.61. The van der Waals surface area contributed by atoms with Gasteiger partial charge in [-0.25, -0.2) is 0 Å². The molecule has 0 unspecified atom stereocenters. The second-order valence-corrected chi connectivity index (χ2v) is 11.6. The predicted octanol–water partition coefficient (Wildman–Crippen LogP) is 2.88. The molecule has 7 atom stereocenters. The molecule has 2 N–H and O–H groups in total. The highest BCUT2D eigenvalue weighted by Crippen LogP contribution is 2.67. The van der Waals surface area contributed by atoms with E-state index in [-0.39, 0.29) is 49.4 Å². The first-order valence-corrected chi connectivity index (χ1v) is 13.2. The summed E-state index contributed by atoms with van der Waals surface area (Å²) in [5.41, 5.74) is -1.92. The number of ether oxygens (including phenoxy) is 1. The van der Waals surface area contributed by atoms with Crippen LogP contribution in [0.5, 0.6) is 0 Å². The molecule has 0 heterocycles. The van der Waals surface area contributed by atoms with Crippen molar-refractivity contribution in [1.82, 2.24) is 0 Å². The summed E-state index contributed by atoms with van der Waals surface area (Å²) in [6.45, 7) is 3.39. The van der Waals surface area contributed by atoms with Crippen molar-refractivity contribution in [3.8, 4) is 0 Å². The van der Waals surface area contributed by atoms with Crippen LogP contribution in [0, 0.1) is 38.7 Å². The van der Waals surface area contributed by atoms with E-state index in [1.54, 1.807) is 12.2 Å². The number of esters is 1. The van der Waals surface area contributed by atoms with Crippen LogP contribution in [0.25, 0.3) is 0 Å². The van der Waals surface area contributed by atoms with Gasteiger partial charge in [0.1, 0.15) is 5.60 Å². The summed E-state index contributed by atoms with van der Waals surface area (Å²) in [4.78, 5) is 51.7. The Kier molecular flexibility index (Phi) is 7.63. The summed E-state index contributed by atoms with van der Waals surface area (Å²) in [7, 11) is 0. The molecule has 0 saturated heterocycles. The molecule has 0 aromatic heterocycles. The molecule has 4 rings (SSSR count). The van der Waals surface area contributed by atoms with Gasteiger partial charge in [0.05, 0.1) is 12.7 Å². The third-order valence-corrected chi connectivity index (χ3v) is 9.70. The van der Waals surface area contributed by atoms with E-state index in [0.717, 1.165) is 18.4 Å². The Labute approximate surface area is 216 Å². The van der Waals surface area contributed by atoms with E-state index < -0.39 is 46.0 Å². The zero-order valence-electron chi connectivity index (χ0n) is 21.5. The summed E-state index contributed by atoms with van der Waals surface area (Å²) in [6, 6.07) is 0. The van der Waals surface area contributed by atoms with Gasteiger partial charge in [-0.3, -0.25) is 14.4 Å². The van der Waals surface area contributed by atoms with Gasteiger partial charge in [0.25, 0.3) is 5.09 Å². The number of ketones is 2. The molecule has 204 valence electrons. The normalized spacial score (nSPS) is 38.2. The van der Waals surface area contributed by atoms with Crippen molar-refractivity contribution in [2.24, 2.45) is 28.6 Å². The van der Waals surface area contributed by atoms with Crippen LogP contribution in [0.15, 0.2) is 23.8 Å². The Morgan fingerprint density at radius 3 is 2.70 bits per heavy atom. The number of rotatable bonds is 10. The van der Waals surface area contributed by atoms with E-state index in [4.69, 9.17) is 4.74 Å². The minimum Gasteiger partial charge on any atom is -0.458 e. The average Bonchev–Trinajstić information content (AvgIpc) is 3.10. The second-order valence-electron chi connectivity index (χ2n) is 11.6. The van der Waals surface area contributed by atoms with Gasteiger partial charge in [-0.1, -0.05) is 31.9 Å². The van der Waals surface area contributed by atoms with E-state index in [0.29, 0.717) is 25.7 Å². The zero-order valence-corrected chi connectivity index (χ0v) is 21.5. The molecular formula is C27H37NO9. The van der Waals surface area contributed by atoms with Crippen molar-refractivity contribution >= 4 is 17.5 Å². The van der Waals surface area contributed by atoms with Crippen LogP contribution < -0.4 is 0 Å². The number of unbranched alkanes of at least 4 members (excludes halogenated alkanes) is 2. The molecular weight excluding hydrogens is 482 g/mol. The molecule has 0 amide bonds. The Morgan fingerprint density at radius 1 is 1.22 bits per heavy atom. The molecule has 0 aromatic rings. The van der Waals surface area contributed by atoms with Gasteiger partial charge in [0.2, 0.25) is 5.78 Å². The van der Waals surface area contributed by atoms with Gasteiger partial charge in [0.15, 0.2) is 12.4 Å². The van der Waals surface area contributed by atoms with E-state index in [1.165, 1.54) is 0 Å². The van der Waals surface area contributed by atoms with Crippen LogP contribution in [-0.4, -0.2) is 57.8 Å². The van der Waals surface area contributed by atoms with Gasteiger partial charge in [-0.05, 0) is 68.9 Å². The number of Topliss-reactive ketones (excluding diaryl/α,β-unsaturated/α-hetero) is 1. The molecule has 3 saturated carbocycles. The maximum Gasteiger partial charge on any atom is 0.306 e. The Balaban J connectivity index is 1.37. The molecule has 3 fully saturated rings. The summed E-state index contributed by atoms with van der Waals surface area (Å²) < 4.78 is 5.18. The van der Waals surface area contributed by atoms with Crippen molar-refractivity contribution in [1.29, 1.82) is 0 Å². The quantitative estimate of drug-likeness (QED) is 0.192. The molecule has 10 heteroatoms. The van der Waals surface area contributed by atoms with Gasteiger partial charge in [-0.15, -0.1) is 10.1 Å². The Bertz CT molecular complexity index is 1020. The van der Waals surface area contributed by atoms with Crippen LogP contribution in [0.4, 0.5) is 0 Å². The molecule has 4 aliphatic carbocycles. The first-order valence-electron chi connectivity index (χ1n) is 13.2. The lowest BCUT2D eigenvalue weighted by Gasteiger charge is -2.59. The number of carbonyl (C=O) groups is 3. The maximum absolute atomic E-state index is 13.3. The topological polar surface area (TPSA) is 153 Å². The van der Waals surface area contributed by atoms with E-state index >= 15 is 0 Å². The molecule has 4 aliphatic rings. The predicted molar refractivity (Wildman–Crippen MR) is 130 cm³/mol. The van der Waals surface area contributed by atoms with Gasteiger partial charge >= 0.3 is 5.97 Å². The van der Waals surface area contributed by atoms with E-state index in [1.807, 2.05) is 13.0 Å². The first kappa shape index (κ1) is 27.4. The number of aliphatic hydroxyl groups is 2. The van der Waals surface area contributed by atoms with Gasteiger partial charge in [0, 0.05) is 23.2 Å². The Hall–Kier alpha value is -2.59. The highest BCUT2D eigenvalue weighted by Gasteiger charge is 2.68. The van der Waals surface area contributed by atoms with Crippen LogP contribution in [0.1, 0.15) is 71.6 Å². The fourth-order valence-corrected chi connectivity index (χ4v) is 7.81. The van der Waals surface area contributed by atoms with Crippen LogP contribution in [0.2, 0.25) is 0 Å². The lowest BCUT2D eigenvalue weighted by atomic mass is 9.46. The second kappa shape index (κ2) is 10.3. The minimum absolute atomic E-state index is 0.0244. The highest BCUT2D eigenvalue weighted by atomic mass is 16.9. The van der Waals surface area contributed by atoms with Crippen molar-refractivity contribution in [2.45, 2.75) is 83.3 Å². The van der Waals surface area contributed by atoms with Crippen LogP contribution in [0.3, 0.4) is 0 Å². The maximum atomic E-state index is 13.3. The molecule has 0 spiro atoms. The van der Waals surface area contributed by atoms with Crippen molar-refractivity contribution in [3.63, 3.8) is 0 Å². The fraction of sp³-hybridized carbons (Fsp3) is 0.741. The number of aliphatic hydroxyl groups excluding tert-OH is 1. The van der Waals surface area contributed by atoms with E-state index in [2.05, 4.69) is 11.8 Å². The number of nitrogens with zero attached hydrogens (tertiary/aromatic N) is 1. The lowest BCUT2D eigenvalue weighted by molar-refractivity contribution is -0.757. The van der Waals surface area contributed by atoms with Crippen molar-refractivity contribution in [2.75, 3.05) is 13.2 Å². The highest BCUT2D eigenvalue weighted by molar-refractivity contribution is 6.01. The van der Waals surface area contributed by atoms with Crippen LogP contribution in [-0.2, 0) is 24.0 Å². The van der Waals surface area contributed by atoms with E-state index in [9.17, 15) is 34.7 Å². The third kappa shape index (κ3) is 4.85. The fourth-order valence-electron chi connectivity index (χ4n) is 7.81. The summed E-state index contributed by atoms with van der Waals surface area (Å²) >= 11 is 0. The number of hydrogen-bond acceptors (Lipinski definition) is 9. The molecule has 37 heavy (non-hydrogen) atoms. The average molecular weight is 520 g/mol. The number of allylic oxidation sites excluding steroid dienone is 4. The molecule has 0 radical (unpaired) electrons. The van der Waals surface area contributed by atoms with Crippen molar-refractivity contribution < 1.29 is 39.3 Å². The smallest absolute Gasteiger partial charge is 0.306 e. The third-order valence-electron chi connectivity index (χ3n) is 9.70. The summed E-state index contributed by atoms with van der Waals surface area (Å²) in [5, 5.41) is 32.4. The molecule has 0 aliphatic heterocycles. The zero-order chi connectivity index (χ0) is 27.0. The molecule has 10 nitrogen and oxygen atoms in total. The number of hydrogen-bond donors (Lipinski definition) is 2. The van der Waals surface area contributed by atoms with Crippen molar-refractivity contribution in [3.05, 3.63) is 33.9 Å². The Morgan fingerprint density at radius 2 is 1.97 bits per heavy atom. The molecule has 0 bridgehead atoms. The largest absolute Gasteiger partial charge is 0.458 e. The van der Waals surface area contributed by atoms with Gasteiger partial charge in [-0.2, -0.15) is 0 Å². The number of fused-ring (bicyclic) bond motifs is 5. The minimum atomic E-state index is -1.70. The van der Waals surface area contributed by atoms with Gasteiger partial charge < -0.3 is 19.8 Å². The monoisotopic (exact) mass is 519 g/mol. The SMILES string of the molecule is C[C@]12C=CC(=O)C=C1CC[C@@H]1[C@@H]2[C@@H](O)C[C@@]2(C)[C@H]1CC[C@]2(O)C(=O)COC(=O)CCCCCO[N+](=O)[O-]. The molecule has 0 aromatic carbocycles. The standard InChI is InChI=1S/C27H37NO9/c1-25-11-9-18(29)14-17(25)7-8-19-20-10-12-27(33,26(20,2)15-21(30)24(19)25)22(31)16-36-23(32)6-4-3-5-13-37-28(34)35/h9,11,14,19-21,24,30,33H,3-8,10,12-13,15-16H2,1-2H3/t19-,20-,21-,24+,25-,26-,27-/m0/s1. The van der Waals surface area contributed by atoms with Crippen LogP contribution >= 0.6 is 0 Å². The number of carbonyl (C=O) groups excluding carboxylic acids is 3. The summed E-state index contributed by atoms with van der Waals surface area (Å²) in [5.74, 6) is -1.11.